The molecule has 20 heavy (non-hydrogen) atoms. The van der Waals surface area contributed by atoms with Crippen molar-refractivity contribution in [3.8, 4) is 5.69 Å². The number of rotatable bonds is 3. The van der Waals surface area contributed by atoms with E-state index >= 15 is 0 Å². The van der Waals surface area contributed by atoms with E-state index in [4.69, 9.17) is 5.10 Å². The van der Waals surface area contributed by atoms with Crippen molar-refractivity contribution in [3.05, 3.63) is 28.8 Å². The van der Waals surface area contributed by atoms with Crippen molar-refractivity contribution >= 4 is 0 Å². The molecule has 1 N–H and O–H groups in total. The summed E-state index contributed by atoms with van der Waals surface area (Å²) in [5.41, 5.74) is 5.59. The van der Waals surface area contributed by atoms with Gasteiger partial charge in [0.25, 0.3) is 0 Å². The zero-order valence-corrected chi connectivity index (χ0v) is 13.7. The molecule has 0 radical (unpaired) electrons. The summed E-state index contributed by atoms with van der Waals surface area (Å²) in [6, 6.07) is 2.24. The highest BCUT2D eigenvalue weighted by atomic mass is 15.3. The van der Waals surface area contributed by atoms with Crippen LogP contribution in [0.25, 0.3) is 5.69 Å². The Hall–Kier alpha value is -1.58. The van der Waals surface area contributed by atoms with E-state index < -0.39 is 0 Å². The Morgan fingerprint density at radius 2 is 1.90 bits per heavy atom. The molecular weight excluding hydrogens is 248 g/mol. The summed E-state index contributed by atoms with van der Waals surface area (Å²) in [7, 11) is 0. The topological polar surface area (TPSA) is 46.5 Å². The molecule has 0 aliphatic rings. The molecule has 2 heterocycles. The van der Waals surface area contributed by atoms with E-state index in [0.29, 0.717) is 5.92 Å². The first kappa shape index (κ1) is 14.8. The van der Waals surface area contributed by atoms with Crippen LogP contribution in [0.2, 0.25) is 0 Å². The van der Waals surface area contributed by atoms with Gasteiger partial charge >= 0.3 is 0 Å². The van der Waals surface area contributed by atoms with Gasteiger partial charge in [-0.25, -0.2) is 4.68 Å². The van der Waals surface area contributed by atoms with Crippen LogP contribution < -0.4 is 0 Å². The Kier molecular flexibility index (Phi) is 3.76. The average molecular weight is 274 g/mol. The van der Waals surface area contributed by atoms with Gasteiger partial charge in [0.2, 0.25) is 0 Å². The van der Waals surface area contributed by atoms with Gasteiger partial charge < -0.3 is 0 Å². The van der Waals surface area contributed by atoms with Crippen LogP contribution in [0.4, 0.5) is 0 Å². The van der Waals surface area contributed by atoms with Crippen LogP contribution in [0.15, 0.2) is 6.07 Å². The van der Waals surface area contributed by atoms with E-state index in [1.807, 2.05) is 13.8 Å². The average Bonchev–Trinajstić information content (AvgIpc) is 2.81. The van der Waals surface area contributed by atoms with Gasteiger partial charge in [0.15, 0.2) is 0 Å². The molecule has 0 fully saturated rings. The highest BCUT2D eigenvalue weighted by Gasteiger charge is 2.24. The summed E-state index contributed by atoms with van der Waals surface area (Å²) in [6.07, 6.45) is 1.01. The van der Waals surface area contributed by atoms with Gasteiger partial charge in [-0.1, -0.05) is 34.6 Å². The van der Waals surface area contributed by atoms with E-state index in [2.05, 4.69) is 55.6 Å². The monoisotopic (exact) mass is 274 g/mol. The summed E-state index contributed by atoms with van der Waals surface area (Å²) in [6.45, 7) is 15.2. The summed E-state index contributed by atoms with van der Waals surface area (Å²) in [5.74, 6) is 0.609. The lowest BCUT2D eigenvalue weighted by Crippen LogP contribution is -2.18. The molecule has 0 amide bonds. The molecule has 4 heteroatoms. The lowest BCUT2D eigenvalue weighted by Gasteiger charge is -2.20. The SMILES string of the molecule is Cc1n[nH]c(C)c1-n1nc(CC(C)C)cc1C(C)(C)C. The maximum absolute atomic E-state index is 4.84. The van der Waals surface area contributed by atoms with Crippen LogP contribution in [0.3, 0.4) is 0 Å². The van der Waals surface area contributed by atoms with Crippen LogP contribution >= 0.6 is 0 Å². The third-order valence-corrected chi connectivity index (χ3v) is 3.45. The number of hydrogen-bond acceptors (Lipinski definition) is 2. The van der Waals surface area contributed by atoms with Crippen molar-refractivity contribution < 1.29 is 0 Å². The normalized spacial score (nSPS) is 12.4. The smallest absolute Gasteiger partial charge is 0.108 e. The quantitative estimate of drug-likeness (QED) is 0.927. The van der Waals surface area contributed by atoms with Crippen LogP contribution in [0.1, 0.15) is 57.4 Å². The molecule has 0 aromatic carbocycles. The van der Waals surface area contributed by atoms with Crippen molar-refractivity contribution in [2.24, 2.45) is 5.92 Å². The number of aromatic nitrogens is 4. The minimum atomic E-state index is 0.0539. The Bertz CT molecular complexity index is 577. The van der Waals surface area contributed by atoms with Crippen molar-refractivity contribution in [2.75, 3.05) is 0 Å². The number of nitrogens with one attached hydrogen (secondary N) is 1. The van der Waals surface area contributed by atoms with Crippen molar-refractivity contribution in [2.45, 2.75) is 60.3 Å². The molecule has 0 saturated carbocycles. The number of aryl methyl sites for hydroxylation is 2. The first-order chi connectivity index (χ1) is 9.20. The van der Waals surface area contributed by atoms with E-state index in [-0.39, 0.29) is 5.41 Å². The van der Waals surface area contributed by atoms with Crippen LogP contribution in [-0.4, -0.2) is 20.0 Å². The Morgan fingerprint density at radius 1 is 1.25 bits per heavy atom. The van der Waals surface area contributed by atoms with Gasteiger partial charge in [-0.2, -0.15) is 10.2 Å². The number of hydrogen-bond donors (Lipinski definition) is 1. The van der Waals surface area contributed by atoms with Gasteiger partial charge in [-0.3, -0.25) is 5.10 Å². The summed E-state index contributed by atoms with van der Waals surface area (Å²) in [4.78, 5) is 0. The summed E-state index contributed by atoms with van der Waals surface area (Å²) >= 11 is 0. The molecule has 2 aromatic rings. The lowest BCUT2D eigenvalue weighted by molar-refractivity contribution is 0.542. The van der Waals surface area contributed by atoms with Gasteiger partial charge in [-0.05, 0) is 32.3 Å². The molecule has 4 nitrogen and oxygen atoms in total. The first-order valence-electron chi connectivity index (χ1n) is 7.31. The van der Waals surface area contributed by atoms with Gasteiger partial charge in [0.1, 0.15) is 5.69 Å². The molecule has 0 unspecified atom stereocenters. The fraction of sp³-hybridized carbons (Fsp3) is 0.625. The molecule has 0 saturated heterocycles. The predicted octanol–water partition coefficient (Wildman–Crippen LogP) is 3.71. The third kappa shape index (κ3) is 2.79. The minimum absolute atomic E-state index is 0.0539. The highest BCUT2D eigenvalue weighted by molar-refractivity contribution is 5.42. The molecule has 0 atom stereocenters. The van der Waals surface area contributed by atoms with Crippen LogP contribution in [-0.2, 0) is 11.8 Å². The van der Waals surface area contributed by atoms with Gasteiger partial charge in [0, 0.05) is 5.41 Å². The van der Waals surface area contributed by atoms with Crippen molar-refractivity contribution in [1.82, 2.24) is 20.0 Å². The van der Waals surface area contributed by atoms with Crippen molar-refractivity contribution in [1.29, 1.82) is 0 Å². The maximum atomic E-state index is 4.84. The molecule has 0 aliphatic carbocycles. The van der Waals surface area contributed by atoms with E-state index in [0.717, 1.165) is 29.2 Å². The summed E-state index contributed by atoms with van der Waals surface area (Å²) in [5, 5.41) is 12.2. The van der Waals surface area contributed by atoms with E-state index in [1.54, 1.807) is 0 Å². The fourth-order valence-electron chi connectivity index (χ4n) is 2.51. The Labute approximate surface area is 121 Å². The zero-order valence-electron chi connectivity index (χ0n) is 13.7. The first-order valence-corrected chi connectivity index (χ1v) is 7.31. The number of H-pyrrole nitrogens is 1. The standard InChI is InChI=1S/C16H26N4/c1-10(2)8-13-9-14(16(5,6)7)20(19-13)15-11(3)17-18-12(15)4/h9-10H,8H2,1-7H3,(H,17,18). The maximum Gasteiger partial charge on any atom is 0.108 e. The highest BCUT2D eigenvalue weighted by Crippen LogP contribution is 2.28. The largest absolute Gasteiger partial charge is 0.280 e. The summed E-state index contributed by atoms with van der Waals surface area (Å²) < 4.78 is 2.08. The van der Waals surface area contributed by atoms with Crippen LogP contribution in [0, 0.1) is 19.8 Å². The molecule has 0 aliphatic heterocycles. The number of nitrogens with zero attached hydrogens (tertiary/aromatic N) is 3. The Morgan fingerprint density at radius 3 is 2.35 bits per heavy atom. The minimum Gasteiger partial charge on any atom is -0.280 e. The molecule has 110 valence electrons. The predicted molar refractivity (Wildman–Crippen MR) is 82.4 cm³/mol. The van der Waals surface area contributed by atoms with Gasteiger partial charge in [0.05, 0.1) is 22.8 Å². The molecular formula is C16H26N4. The molecule has 0 bridgehead atoms. The van der Waals surface area contributed by atoms with E-state index in [9.17, 15) is 0 Å². The van der Waals surface area contributed by atoms with Gasteiger partial charge in [-0.15, -0.1) is 0 Å². The second-order valence-corrected chi connectivity index (χ2v) is 7.06. The molecule has 2 rings (SSSR count). The fourth-order valence-corrected chi connectivity index (χ4v) is 2.51. The second-order valence-electron chi connectivity index (χ2n) is 7.06. The molecule has 2 aromatic heterocycles. The zero-order chi connectivity index (χ0) is 15.1. The number of aromatic amines is 1. The second kappa shape index (κ2) is 5.08. The lowest BCUT2D eigenvalue weighted by atomic mass is 9.91. The Balaban J connectivity index is 2.59. The molecule has 0 spiro atoms. The van der Waals surface area contributed by atoms with E-state index in [1.165, 1.54) is 5.69 Å². The van der Waals surface area contributed by atoms with Crippen molar-refractivity contribution in [3.63, 3.8) is 0 Å². The third-order valence-electron chi connectivity index (χ3n) is 3.45. The van der Waals surface area contributed by atoms with Crippen LogP contribution in [0.5, 0.6) is 0 Å².